The van der Waals surface area contributed by atoms with Crippen LogP contribution in [0.1, 0.15) is 11.1 Å². The van der Waals surface area contributed by atoms with Gasteiger partial charge in [0.2, 0.25) is 0 Å². The van der Waals surface area contributed by atoms with Crippen LogP contribution >= 0.6 is 0 Å². The molecule has 0 aromatic heterocycles. The summed E-state index contributed by atoms with van der Waals surface area (Å²) in [7, 11) is 0. The maximum Gasteiger partial charge on any atom is -0.00199 e. The molecule has 0 aliphatic carbocycles. The highest BCUT2D eigenvalue weighted by atomic mass is 14.2. The molecule has 0 aliphatic heterocycles. The van der Waals surface area contributed by atoms with Crippen LogP contribution in [0, 0.1) is 13.8 Å². The van der Waals surface area contributed by atoms with Gasteiger partial charge < -0.3 is 0 Å². The van der Waals surface area contributed by atoms with Crippen molar-refractivity contribution < 1.29 is 0 Å². The average Bonchev–Trinajstić information content (AvgIpc) is 3.61. The lowest BCUT2D eigenvalue weighted by molar-refractivity contribution is 1.47. The second kappa shape index (κ2) is 9.31. The van der Waals surface area contributed by atoms with E-state index in [-0.39, 0.29) is 0 Å². The molecule has 0 aliphatic rings. The SMILES string of the molecule is Cc1cccc(-c2ccc3c(c2)c2cc4c5cc6c7cc(-c8cccc(C)c8)ccc7c7cccc(c5ccc4c4cccc3c42)c76)c1. The first-order valence-electron chi connectivity index (χ1n) is 16.9. The Morgan fingerprint density at radius 1 is 0.229 bits per heavy atom. The summed E-state index contributed by atoms with van der Waals surface area (Å²) in [6, 6.07) is 55.3. The molecule has 0 heteroatoms. The Bertz CT molecular complexity index is 2910. The van der Waals surface area contributed by atoms with Gasteiger partial charge in [0.1, 0.15) is 0 Å². The van der Waals surface area contributed by atoms with Gasteiger partial charge in [0, 0.05) is 0 Å². The summed E-state index contributed by atoms with van der Waals surface area (Å²) in [5.74, 6) is 0. The molecule has 0 nitrogen and oxygen atoms in total. The molecule has 0 saturated carbocycles. The second-order valence-corrected chi connectivity index (χ2v) is 13.8. The standard InChI is InChI=1S/C48H30/c1-27-7-3-9-29(21-27)31-15-17-33-37-11-5-13-39-35-19-20-36-40-14-6-12-38-34-18-16-32(30-10-4-8-28(2)22-30)24-42(34)46(48(38)40)26-44(36)43(35)25-45(47(37)39)41(33)23-31/h3-26H,1-2H3. The van der Waals surface area contributed by atoms with E-state index in [1.165, 1.54) is 120 Å². The van der Waals surface area contributed by atoms with Crippen LogP contribution in [0.15, 0.2) is 146 Å². The van der Waals surface area contributed by atoms with Crippen molar-refractivity contribution in [2.75, 3.05) is 0 Å². The largest absolute Gasteiger partial charge is 0.0614 e. The predicted molar refractivity (Wildman–Crippen MR) is 209 cm³/mol. The molecule has 0 amide bonds. The fourth-order valence-electron chi connectivity index (χ4n) is 8.87. The number of rotatable bonds is 2. The van der Waals surface area contributed by atoms with Crippen LogP contribution in [0.4, 0.5) is 0 Å². The van der Waals surface area contributed by atoms with E-state index in [1.807, 2.05) is 0 Å². The minimum Gasteiger partial charge on any atom is -0.0614 e. The summed E-state index contributed by atoms with van der Waals surface area (Å²) in [4.78, 5) is 0. The van der Waals surface area contributed by atoms with Crippen molar-refractivity contribution in [1.82, 2.24) is 0 Å². The zero-order chi connectivity index (χ0) is 31.7. The van der Waals surface area contributed by atoms with Crippen LogP contribution in [0.3, 0.4) is 0 Å². The third-order valence-electron chi connectivity index (χ3n) is 11.0. The van der Waals surface area contributed by atoms with Gasteiger partial charge in [-0.2, -0.15) is 0 Å². The Hall–Kier alpha value is -5.98. The monoisotopic (exact) mass is 606 g/mol. The zero-order valence-corrected chi connectivity index (χ0v) is 26.9. The Morgan fingerprint density at radius 2 is 0.562 bits per heavy atom. The Balaban J connectivity index is 1.27. The lowest BCUT2D eigenvalue weighted by Gasteiger charge is -2.12. The van der Waals surface area contributed by atoms with E-state index >= 15 is 0 Å². The van der Waals surface area contributed by atoms with Crippen LogP contribution < -0.4 is 0 Å². The van der Waals surface area contributed by atoms with Crippen LogP contribution in [-0.4, -0.2) is 0 Å². The van der Waals surface area contributed by atoms with E-state index in [1.54, 1.807) is 0 Å². The van der Waals surface area contributed by atoms with Crippen molar-refractivity contribution in [3.05, 3.63) is 157 Å². The molecule has 0 fully saturated rings. The number of hydrogen-bond donors (Lipinski definition) is 0. The third-order valence-corrected chi connectivity index (χ3v) is 11.0. The van der Waals surface area contributed by atoms with E-state index in [4.69, 9.17) is 0 Å². The second-order valence-electron chi connectivity index (χ2n) is 13.8. The Kier molecular flexibility index (Phi) is 5.07. The van der Waals surface area contributed by atoms with Gasteiger partial charge in [-0.1, -0.05) is 132 Å². The summed E-state index contributed by atoms with van der Waals surface area (Å²) in [5.41, 5.74) is 7.64. The molecule has 11 aromatic carbocycles. The summed E-state index contributed by atoms with van der Waals surface area (Å²) in [6.45, 7) is 4.34. The average molecular weight is 607 g/mol. The van der Waals surface area contributed by atoms with E-state index in [9.17, 15) is 0 Å². The quantitative estimate of drug-likeness (QED) is 0.172. The van der Waals surface area contributed by atoms with E-state index in [0.29, 0.717) is 0 Å². The lowest BCUT2D eigenvalue weighted by atomic mass is 9.91. The van der Waals surface area contributed by atoms with Gasteiger partial charge >= 0.3 is 0 Å². The molecular weight excluding hydrogens is 577 g/mol. The number of benzene rings is 9. The fraction of sp³-hybridized carbons (Fsp3) is 0.0417. The smallest absolute Gasteiger partial charge is 0.00199 e. The van der Waals surface area contributed by atoms with E-state index in [0.717, 1.165) is 0 Å². The van der Waals surface area contributed by atoms with Crippen LogP contribution in [0.5, 0.6) is 0 Å². The number of aryl methyl sites for hydroxylation is 2. The molecule has 48 heavy (non-hydrogen) atoms. The van der Waals surface area contributed by atoms with Gasteiger partial charge in [0.25, 0.3) is 0 Å². The Morgan fingerprint density at radius 3 is 0.958 bits per heavy atom. The Labute approximate surface area is 278 Å². The number of hydrogen-bond acceptors (Lipinski definition) is 0. The minimum atomic E-state index is 1.27. The normalized spacial score (nSPS) is 12.4. The van der Waals surface area contributed by atoms with Gasteiger partial charge in [0.15, 0.2) is 0 Å². The van der Waals surface area contributed by atoms with Crippen molar-refractivity contribution in [2.24, 2.45) is 0 Å². The summed E-state index contributed by atoms with van der Waals surface area (Å²) in [5, 5.41) is 21.4. The van der Waals surface area contributed by atoms with Crippen LogP contribution in [0.25, 0.3) is 108 Å². The zero-order valence-electron chi connectivity index (χ0n) is 26.9. The topological polar surface area (TPSA) is 0 Å². The van der Waals surface area contributed by atoms with Gasteiger partial charge in [-0.25, -0.2) is 0 Å². The van der Waals surface area contributed by atoms with Crippen LogP contribution in [0.2, 0.25) is 0 Å². The highest BCUT2D eigenvalue weighted by molar-refractivity contribution is 6.40. The van der Waals surface area contributed by atoms with Crippen LogP contribution in [-0.2, 0) is 0 Å². The maximum absolute atomic E-state index is 2.50. The molecule has 11 rings (SSSR count). The molecule has 0 heterocycles. The molecule has 11 aromatic rings. The van der Waals surface area contributed by atoms with Crippen molar-refractivity contribution in [3.8, 4) is 22.3 Å². The molecule has 0 radical (unpaired) electrons. The first-order chi connectivity index (χ1) is 23.6. The highest BCUT2D eigenvalue weighted by Gasteiger charge is 2.19. The van der Waals surface area contributed by atoms with Gasteiger partial charge in [-0.05, 0) is 147 Å². The molecule has 0 N–H and O–H groups in total. The summed E-state index contributed by atoms with van der Waals surface area (Å²) >= 11 is 0. The van der Waals surface area contributed by atoms with Crippen molar-refractivity contribution >= 4 is 86.2 Å². The maximum atomic E-state index is 2.50. The van der Waals surface area contributed by atoms with Gasteiger partial charge in [-0.3, -0.25) is 0 Å². The van der Waals surface area contributed by atoms with Crippen molar-refractivity contribution in [2.45, 2.75) is 13.8 Å². The fourth-order valence-corrected chi connectivity index (χ4v) is 8.87. The summed E-state index contributed by atoms with van der Waals surface area (Å²) < 4.78 is 0. The van der Waals surface area contributed by atoms with Crippen molar-refractivity contribution in [1.29, 1.82) is 0 Å². The van der Waals surface area contributed by atoms with E-state index in [2.05, 4.69) is 159 Å². The molecule has 0 spiro atoms. The van der Waals surface area contributed by atoms with E-state index < -0.39 is 0 Å². The summed E-state index contributed by atoms with van der Waals surface area (Å²) in [6.07, 6.45) is 0. The number of fused-ring (bicyclic) bond motifs is 11. The first-order valence-corrected chi connectivity index (χ1v) is 16.9. The molecular formula is C48H30. The first kappa shape index (κ1) is 26.1. The third kappa shape index (κ3) is 3.44. The molecule has 0 atom stereocenters. The molecule has 0 saturated heterocycles. The minimum absolute atomic E-state index is 1.27. The lowest BCUT2D eigenvalue weighted by Crippen LogP contribution is -1.84. The van der Waals surface area contributed by atoms with Crippen molar-refractivity contribution in [3.63, 3.8) is 0 Å². The molecule has 0 unspecified atom stereocenters. The predicted octanol–water partition coefficient (Wildman–Crippen LogP) is 13.7. The van der Waals surface area contributed by atoms with Gasteiger partial charge in [-0.15, -0.1) is 0 Å². The molecule has 222 valence electrons. The highest BCUT2D eigenvalue weighted by Crippen LogP contribution is 2.47. The van der Waals surface area contributed by atoms with Gasteiger partial charge in [0.05, 0.1) is 0 Å². The molecule has 0 bridgehead atoms.